The molecule has 166 valence electrons. The van der Waals surface area contributed by atoms with E-state index in [2.05, 4.69) is 10.5 Å². The van der Waals surface area contributed by atoms with Gasteiger partial charge in [0.25, 0.3) is 5.91 Å². The maximum absolute atomic E-state index is 12.0. The van der Waals surface area contributed by atoms with E-state index in [1.165, 1.54) is 0 Å². The van der Waals surface area contributed by atoms with Crippen molar-refractivity contribution in [1.29, 1.82) is 0 Å². The van der Waals surface area contributed by atoms with E-state index in [-0.39, 0.29) is 12.5 Å². The van der Waals surface area contributed by atoms with Crippen molar-refractivity contribution < 1.29 is 19.0 Å². The summed E-state index contributed by atoms with van der Waals surface area (Å²) < 4.78 is 17.2. The molecule has 0 radical (unpaired) electrons. The molecule has 1 N–H and O–H groups in total. The van der Waals surface area contributed by atoms with Crippen LogP contribution in [0.2, 0.25) is 0 Å². The second kappa shape index (κ2) is 11.6. The first-order valence-electron chi connectivity index (χ1n) is 10.5. The summed E-state index contributed by atoms with van der Waals surface area (Å²) >= 11 is 0. The number of amides is 1. The Labute approximate surface area is 188 Å². The average Bonchev–Trinajstić information content (AvgIpc) is 2.77. The zero-order valence-electron chi connectivity index (χ0n) is 18.6. The minimum Gasteiger partial charge on any atom is -0.490 e. The van der Waals surface area contributed by atoms with Gasteiger partial charge in [0.2, 0.25) is 0 Å². The number of carbonyl (C=O) groups excluding carboxylic acids is 1. The Balaban J connectivity index is 1.54. The highest BCUT2D eigenvalue weighted by molar-refractivity contribution is 5.83. The molecule has 6 heteroatoms. The van der Waals surface area contributed by atoms with Crippen LogP contribution in [-0.2, 0) is 11.4 Å². The van der Waals surface area contributed by atoms with Crippen LogP contribution in [0.5, 0.6) is 17.2 Å². The van der Waals surface area contributed by atoms with E-state index < -0.39 is 0 Å². The molecular formula is C26H28N2O4. The van der Waals surface area contributed by atoms with E-state index in [0.29, 0.717) is 30.5 Å². The van der Waals surface area contributed by atoms with Crippen LogP contribution in [0, 0.1) is 13.8 Å². The van der Waals surface area contributed by atoms with Crippen LogP contribution >= 0.6 is 0 Å². The summed E-state index contributed by atoms with van der Waals surface area (Å²) in [5.74, 6) is 1.60. The number of hydrogen-bond acceptors (Lipinski definition) is 5. The highest BCUT2D eigenvalue weighted by Gasteiger charge is 2.07. The highest BCUT2D eigenvalue weighted by atomic mass is 16.5. The van der Waals surface area contributed by atoms with Crippen LogP contribution in [0.15, 0.2) is 71.8 Å². The third-order valence-corrected chi connectivity index (χ3v) is 4.47. The predicted octanol–water partition coefficient (Wildman–Crippen LogP) is 4.81. The third-order valence-electron chi connectivity index (χ3n) is 4.47. The van der Waals surface area contributed by atoms with Gasteiger partial charge in [0.1, 0.15) is 12.4 Å². The summed E-state index contributed by atoms with van der Waals surface area (Å²) in [4.78, 5) is 12.0. The van der Waals surface area contributed by atoms with Gasteiger partial charge in [-0.25, -0.2) is 5.43 Å². The zero-order chi connectivity index (χ0) is 22.8. The second-order valence-corrected chi connectivity index (χ2v) is 7.32. The van der Waals surface area contributed by atoms with Crippen molar-refractivity contribution in [2.75, 3.05) is 13.2 Å². The molecule has 0 unspecified atom stereocenters. The zero-order valence-corrected chi connectivity index (χ0v) is 18.6. The fourth-order valence-corrected chi connectivity index (χ4v) is 3.10. The maximum Gasteiger partial charge on any atom is 0.277 e. The molecule has 0 aliphatic heterocycles. The van der Waals surface area contributed by atoms with Crippen LogP contribution in [0.1, 0.15) is 29.2 Å². The lowest BCUT2D eigenvalue weighted by atomic mass is 10.1. The summed E-state index contributed by atoms with van der Waals surface area (Å²) in [5, 5.41) is 4.01. The standard InChI is InChI=1S/C26H28N2O4/c1-4-30-25-15-22(10-11-24(25)32-17-21-8-6-5-7-9-21)16-27-28-26(29)18-31-23-13-19(2)12-20(3)14-23/h5-16H,4,17-18H2,1-3H3,(H,28,29)/b27-16+. The highest BCUT2D eigenvalue weighted by Crippen LogP contribution is 2.29. The molecule has 0 aliphatic carbocycles. The molecule has 0 spiro atoms. The lowest BCUT2D eigenvalue weighted by Gasteiger charge is -2.12. The summed E-state index contributed by atoms with van der Waals surface area (Å²) in [6.45, 7) is 6.73. The van der Waals surface area contributed by atoms with Crippen LogP contribution < -0.4 is 19.6 Å². The van der Waals surface area contributed by atoms with Gasteiger partial charge < -0.3 is 14.2 Å². The van der Waals surface area contributed by atoms with E-state index in [4.69, 9.17) is 14.2 Å². The van der Waals surface area contributed by atoms with E-state index in [9.17, 15) is 4.79 Å². The van der Waals surface area contributed by atoms with Crippen molar-refractivity contribution in [3.05, 3.63) is 89.0 Å². The second-order valence-electron chi connectivity index (χ2n) is 7.32. The van der Waals surface area contributed by atoms with Gasteiger partial charge in [-0.05, 0) is 73.4 Å². The Morgan fingerprint density at radius 1 is 0.906 bits per heavy atom. The van der Waals surface area contributed by atoms with Crippen LogP contribution in [0.25, 0.3) is 0 Å². The fourth-order valence-electron chi connectivity index (χ4n) is 3.10. The number of aryl methyl sites for hydroxylation is 2. The Hall–Kier alpha value is -3.80. The van der Waals surface area contributed by atoms with Gasteiger partial charge in [-0.2, -0.15) is 5.10 Å². The Morgan fingerprint density at radius 2 is 1.66 bits per heavy atom. The molecule has 3 aromatic carbocycles. The summed E-state index contributed by atoms with van der Waals surface area (Å²) in [6.07, 6.45) is 1.55. The summed E-state index contributed by atoms with van der Waals surface area (Å²) in [5.41, 5.74) is 6.49. The number of ether oxygens (including phenoxy) is 3. The fraction of sp³-hybridized carbons (Fsp3) is 0.231. The first kappa shape index (κ1) is 22.9. The molecule has 1 amide bonds. The van der Waals surface area contributed by atoms with Crippen molar-refractivity contribution >= 4 is 12.1 Å². The number of rotatable bonds is 10. The van der Waals surface area contributed by atoms with Crippen molar-refractivity contribution in [1.82, 2.24) is 5.43 Å². The van der Waals surface area contributed by atoms with E-state index in [0.717, 1.165) is 22.3 Å². The predicted molar refractivity (Wildman–Crippen MR) is 126 cm³/mol. The number of nitrogens with zero attached hydrogens (tertiary/aromatic N) is 1. The van der Waals surface area contributed by atoms with Crippen LogP contribution in [0.4, 0.5) is 0 Å². The Kier molecular flexibility index (Phi) is 8.26. The van der Waals surface area contributed by atoms with E-state index in [1.54, 1.807) is 6.21 Å². The molecule has 0 saturated heterocycles. The Morgan fingerprint density at radius 3 is 2.38 bits per heavy atom. The average molecular weight is 433 g/mol. The van der Waals surface area contributed by atoms with E-state index in [1.807, 2.05) is 87.5 Å². The minimum atomic E-state index is -0.340. The van der Waals surface area contributed by atoms with Crippen molar-refractivity contribution in [3.8, 4) is 17.2 Å². The Bertz CT molecular complexity index is 1040. The van der Waals surface area contributed by atoms with Gasteiger partial charge in [-0.3, -0.25) is 4.79 Å². The van der Waals surface area contributed by atoms with Gasteiger partial charge in [0, 0.05) is 0 Å². The van der Waals surface area contributed by atoms with Crippen LogP contribution in [0.3, 0.4) is 0 Å². The molecule has 3 rings (SSSR count). The number of carbonyl (C=O) groups is 1. The molecule has 0 heterocycles. The quantitative estimate of drug-likeness (QED) is 0.369. The van der Waals surface area contributed by atoms with Gasteiger partial charge >= 0.3 is 0 Å². The van der Waals surface area contributed by atoms with Gasteiger partial charge in [0.05, 0.1) is 12.8 Å². The van der Waals surface area contributed by atoms with Gasteiger partial charge in [0.15, 0.2) is 18.1 Å². The normalized spacial score (nSPS) is 10.7. The summed E-state index contributed by atoms with van der Waals surface area (Å²) in [6, 6.07) is 21.3. The van der Waals surface area contributed by atoms with Crippen LogP contribution in [-0.4, -0.2) is 25.3 Å². The number of benzene rings is 3. The molecule has 0 saturated carbocycles. The number of hydrazone groups is 1. The lowest BCUT2D eigenvalue weighted by Crippen LogP contribution is -2.24. The number of nitrogens with one attached hydrogen (secondary N) is 1. The van der Waals surface area contributed by atoms with Crippen molar-refractivity contribution in [2.45, 2.75) is 27.4 Å². The number of hydrogen-bond donors (Lipinski definition) is 1. The molecular weight excluding hydrogens is 404 g/mol. The smallest absolute Gasteiger partial charge is 0.277 e. The first-order chi connectivity index (χ1) is 15.5. The SMILES string of the molecule is CCOc1cc(/C=N/NC(=O)COc2cc(C)cc(C)c2)ccc1OCc1ccccc1. The topological polar surface area (TPSA) is 69.2 Å². The molecule has 0 aliphatic rings. The largest absolute Gasteiger partial charge is 0.490 e. The maximum atomic E-state index is 12.0. The molecule has 0 fully saturated rings. The molecule has 3 aromatic rings. The third kappa shape index (κ3) is 7.16. The summed E-state index contributed by atoms with van der Waals surface area (Å²) in [7, 11) is 0. The van der Waals surface area contributed by atoms with E-state index >= 15 is 0 Å². The van der Waals surface area contributed by atoms with Crippen molar-refractivity contribution in [3.63, 3.8) is 0 Å². The monoisotopic (exact) mass is 432 g/mol. The molecule has 0 aromatic heterocycles. The van der Waals surface area contributed by atoms with Gasteiger partial charge in [-0.15, -0.1) is 0 Å². The molecule has 0 bridgehead atoms. The van der Waals surface area contributed by atoms with Gasteiger partial charge in [-0.1, -0.05) is 36.4 Å². The minimum absolute atomic E-state index is 0.114. The van der Waals surface area contributed by atoms with Crippen molar-refractivity contribution in [2.24, 2.45) is 5.10 Å². The lowest BCUT2D eigenvalue weighted by molar-refractivity contribution is -0.123. The molecule has 0 atom stereocenters. The first-order valence-corrected chi connectivity index (χ1v) is 10.5. The molecule has 6 nitrogen and oxygen atoms in total. The molecule has 32 heavy (non-hydrogen) atoms.